The number of nitrogens with one attached hydrogen (secondary N) is 2. The molecule has 2 fully saturated rings. The van der Waals surface area contributed by atoms with Crippen LogP contribution in [0.4, 0.5) is 14.0 Å². The number of urea groups is 1. The lowest BCUT2D eigenvalue weighted by molar-refractivity contribution is -0.00865. The van der Waals surface area contributed by atoms with Crippen molar-refractivity contribution in [3.63, 3.8) is 0 Å². The number of hydrogen-bond donors (Lipinski definition) is 3. The number of rotatable bonds is 10. The lowest BCUT2D eigenvalue weighted by Crippen LogP contribution is -2.49. The molecule has 2 saturated heterocycles. The minimum atomic E-state index is -0.536. The van der Waals surface area contributed by atoms with Gasteiger partial charge >= 0.3 is 12.1 Å². The van der Waals surface area contributed by atoms with Crippen molar-refractivity contribution in [1.82, 2.24) is 15.5 Å². The van der Waals surface area contributed by atoms with E-state index < -0.39 is 12.2 Å². The number of amides is 3. The highest BCUT2D eigenvalue weighted by molar-refractivity contribution is 5.74. The van der Waals surface area contributed by atoms with E-state index in [9.17, 15) is 14.0 Å². The third-order valence-electron chi connectivity index (χ3n) is 6.61. The Labute approximate surface area is 206 Å². The van der Waals surface area contributed by atoms with Crippen LogP contribution in [0.3, 0.4) is 0 Å². The summed E-state index contributed by atoms with van der Waals surface area (Å²) in [4.78, 5) is 26.0. The van der Waals surface area contributed by atoms with Crippen LogP contribution in [0.25, 0.3) is 0 Å². The zero-order valence-corrected chi connectivity index (χ0v) is 20.5. The van der Waals surface area contributed by atoms with Crippen LogP contribution in [0, 0.1) is 17.7 Å². The van der Waals surface area contributed by atoms with Gasteiger partial charge in [0.1, 0.15) is 5.82 Å². The highest BCUT2D eigenvalue weighted by Gasteiger charge is 2.31. The molecule has 4 atom stereocenters. The molecule has 2 aliphatic heterocycles. The Morgan fingerprint density at radius 2 is 2.14 bits per heavy atom. The number of likely N-dealkylation sites (tertiary alicyclic amines) is 1. The zero-order valence-electron chi connectivity index (χ0n) is 20.5. The number of piperidine rings is 1. The molecule has 3 rings (SSSR count). The molecule has 1 aromatic rings. The number of halogens is 1. The van der Waals surface area contributed by atoms with Crippen LogP contribution in [0.5, 0.6) is 0 Å². The summed E-state index contributed by atoms with van der Waals surface area (Å²) in [5, 5.41) is 5.56. The van der Waals surface area contributed by atoms with Crippen LogP contribution in [0.2, 0.25) is 0 Å². The number of hydrogen-bond acceptors (Lipinski definition) is 6. The minimum absolute atomic E-state index is 0.0116. The molecule has 35 heavy (non-hydrogen) atoms. The molecule has 2 heterocycles. The summed E-state index contributed by atoms with van der Waals surface area (Å²) in [5.41, 5.74) is 6.98. The van der Waals surface area contributed by atoms with Crippen molar-refractivity contribution in [3.8, 4) is 0 Å². The second-order valence-corrected chi connectivity index (χ2v) is 9.38. The fraction of sp³-hybridized carbons (Fsp3) is 0.680. The normalized spacial score (nSPS) is 22.2. The summed E-state index contributed by atoms with van der Waals surface area (Å²) in [5.74, 6) is 0.0990. The maximum absolute atomic E-state index is 14.0. The Morgan fingerprint density at radius 1 is 1.29 bits per heavy atom. The number of nitrogens with zero attached hydrogens (tertiary/aromatic N) is 1. The zero-order chi connectivity index (χ0) is 25.0. The van der Waals surface area contributed by atoms with Crippen molar-refractivity contribution in [2.45, 2.75) is 44.2 Å². The fourth-order valence-electron chi connectivity index (χ4n) is 4.88. The maximum Gasteiger partial charge on any atom is 0.406 e. The monoisotopic (exact) mass is 494 g/mol. The number of methoxy groups -OCH3 is 1. The van der Waals surface area contributed by atoms with E-state index >= 15 is 0 Å². The topological polar surface area (TPSA) is 115 Å². The summed E-state index contributed by atoms with van der Waals surface area (Å²) in [6.45, 7) is 3.61. The highest BCUT2D eigenvalue weighted by Crippen LogP contribution is 2.33. The molecule has 10 heteroatoms. The van der Waals surface area contributed by atoms with Gasteiger partial charge < -0.3 is 35.5 Å². The molecule has 3 amide bonds. The van der Waals surface area contributed by atoms with E-state index in [1.807, 2.05) is 6.07 Å². The number of benzene rings is 1. The van der Waals surface area contributed by atoms with Crippen molar-refractivity contribution in [2.75, 3.05) is 53.1 Å². The van der Waals surface area contributed by atoms with Crippen LogP contribution in [-0.4, -0.2) is 76.2 Å². The van der Waals surface area contributed by atoms with E-state index in [4.69, 9.17) is 15.2 Å². The lowest BCUT2D eigenvalue weighted by Gasteiger charge is -2.37. The fourth-order valence-corrected chi connectivity index (χ4v) is 4.88. The van der Waals surface area contributed by atoms with Gasteiger partial charge in [-0.2, -0.15) is 0 Å². The number of ether oxygens (including phenoxy) is 3. The van der Waals surface area contributed by atoms with Gasteiger partial charge in [0.15, 0.2) is 0 Å². The van der Waals surface area contributed by atoms with Gasteiger partial charge in [-0.3, -0.25) is 0 Å². The van der Waals surface area contributed by atoms with E-state index in [0.29, 0.717) is 31.1 Å². The van der Waals surface area contributed by atoms with Crippen LogP contribution in [0.15, 0.2) is 24.3 Å². The first-order valence-electron chi connectivity index (χ1n) is 12.5. The van der Waals surface area contributed by atoms with Crippen molar-refractivity contribution in [2.24, 2.45) is 17.6 Å². The molecule has 4 N–H and O–H groups in total. The third kappa shape index (κ3) is 8.94. The molecule has 9 nitrogen and oxygen atoms in total. The second-order valence-electron chi connectivity index (χ2n) is 9.38. The predicted molar refractivity (Wildman–Crippen MR) is 129 cm³/mol. The van der Waals surface area contributed by atoms with Gasteiger partial charge in [0, 0.05) is 51.4 Å². The van der Waals surface area contributed by atoms with E-state index in [1.54, 1.807) is 11.0 Å². The predicted octanol–water partition coefficient (Wildman–Crippen LogP) is 2.81. The lowest BCUT2D eigenvalue weighted by atomic mass is 9.88. The van der Waals surface area contributed by atoms with E-state index in [2.05, 4.69) is 15.4 Å². The van der Waals surface area contributed by atoms with E-state index in [1.165, 1.54) is 19.2 Å². The van der Waals surface area contributed by atoms with Crippen molar-refractivity contribution in [1.29, 1.82) is 0 Å². The van der Waals surface area contributed by atoms with Crippen molar-refractivity contribution in [3.05, 3.63) is 35.6 Å². The van der Waals surface area contributed by atoms with Gasteiger partial charge in [-0.05, 0) is 55.7 Å². The Hall–Kier alpha value is -2.43. The Morgan fingerprint density at radius 3 is 2.89 bits per heavy atom. The summed E-state index contributed by atoms with van der Waals surface area (Å²) < 4.78 is 30.2. The summed E-state index contributed by atoms with van der Waals surface area (Å²) >= 11 is 0. The van der Waals surface area contributed by atoms with E-state index in [0.717, 1.165) is 45.3 Å². The number of nitrogens with two attached hydrogens (primary N) is 1. The summed E-state index contributed by atoms with van der Waals surface area (Å²) in [6, 6.07) is 6.08. The molecule has 0 aromatic heterocycles. The van der Waals surface area contributed by atoms with E-state index in [-0.39, 0.29) is 37.0 Å². The Balaban J connectivity index is 1.54. The smallest absolute Gasteiger partial charge is 0.406 e. The first-order valence-corrected chi connectivity index (χ1v) is 12.5. The molecule has 1 unspecified atom stereocenters. The molecule has 0 saturated carbocycles. The Bertz CT molecular complexity index is 808. The third-order valence-corrected chi connectivity index (χ3v) is 6.61. The minimum Gasteiger partial charge on any atom is -0.453 e. The average Bonchev–Trinajstić information content (AvgIpc) is 2.87. The quantitative estimate of drug-likeness (QED) is 0.431. The molecule has 2 aliphatic rings. The standard InChI is InChI=1S/C25H39FN4O5/c1-33-25(32)28-9-12-35-23(19-6-2-8-21(26)14-19)20-7-3-10-30(16-20)24(31)29-15-22(27)13-18-5-4-11-34-17-18/h2,6,8,14,18,20,22-23H,3-5,7,9-13,15-17,27H2,1H3,(H,28,32)(H,29,31)/t18-,20-,22-,23?/m1/s1. The van der Waals surface area contributed by atoms with Crippen molar-refractivity contribution < 1.29 is 28.2 Å². The molecular weight excluding hydrogens is 455 g/mol. The molecule has 0 radical (unpaired) electrons. The van der Waals surface area contributed by atoms with Gasteiger partial charge in [0.2, 0.25) is 0 Å². The molecule has 0 aliphatic carbocycles. The van der Waals surface area contributed by atoms with Gasteiger partial charge in [-0.15, -0.1) is 0 Å². The number of alkyl carbamates (subject to hydrolysis) is 1. The molecule has 0 bridgehead atoms. The van der Waals surface area contributed by atoms with Gasteiger partial charge in [0.05, 0.1) is 19.8 Å². The number of carbonyl (C=O) groups is 2. The molecular formula is C25H39FN4O5. The van der Waals surface area contributed by atoms with Crippen LogP contribution >= 0.6 is 0 Å². The first kappa shape index (κ1) is 27.2. The Kier molecular flexibility index (Phi) is 11.0. The van der Waals surface area contributed by atoms with Gasteiger partial charge in [0.25, 0.3) is 0 Å². The maximum atomic E-state index is 14.0. The summed E-state index contributed by atoms with van der Waals surface area (Å²) in [7, 11) is 1.30. The highest BCUT2D eigenvalue weighted by atomic mass is 19.1. The summed E-state index contributed by atoms with van der Waals surface area (Å²) in [6.07, 6.45) is 3.73. The average molecular weight is 495 g/mol. The van der Waals surface area contributed by atoms with Gasteiger partial charge in [-0.25, -0.2) is 14.0 Å². The molecule has 196 valence electrons. The van der Waals surface area contributed by atoms with Crippen molar-refractivity contribution >= 4 is 12.1 Å². The molecule has 1 aromatic carbocycles. The van der Waals surface area contributed by atoms with Crippen LogP contribution in [-0.2, 0) is 14.2 Å². The first-order chi connectivity index (χ1) is 17.0. The van der Waals surface area contributed by atoms with Gasteiger partial charge in [-0.1, -0.05) is 12.1 Å². The molecule has 0 spiro atoms. The van der Waals surface area contributed by atoms with Crippen LogP contribution in [0.1, 0.15) is 43.8 Å². The SMILES string of the molecule is COC(=O)NCCOC(c1cccc(F)c1)[C@@H]1CCCN(C(=O)NC[C@H](N)C[C@H]2CCCOC2)C1. The number of carbonyl (C=O) groups excluding carboxylic acids is 2. The van der Waals surface area contributed by atoms with Crippen LogP contribution < -0.4 is 16.4 Å². The largest absolute Gasteiger partial charge is 0.453 e. The second kappa shape index (κ2) is 14.2.